The largest absolute Gasteiger partial charge is 0.457 e. The van der Waals surface area contributed by atoms with E-state index < -0.39 is 11.9 Å². The van der Waals surface area contributed by atoms with E-state index in [9.17, 15) is 14.4 Å². The summed E-state index contributed by atoms with van der Waals surface area (Å²) in [6.45, 7) is -0.146. The molecule has 1 fully saturated rings. The molecule has 152 valence electrons. The highest BCUT2D eigenvalue weighted by Crippen LogP contribution is 2.31. The lowest BCUT2D eigenvalue weighted by atomic mass is 10.1. The highest BCUT2D eigenvalue weighted by Gasteiger charge is 2.37. The van der Waals surface area contributed by atoms with Crippen molar-refractivity contribution in [3.63, 3.8) is 0 Å². The van der Waals surface area contributed by atoms with Crippen LogP contribution in [0.15, 0.2) is 64.5 Å². The minimum Gasteiger partial charge on any atom is -0.457 e. The average molecular weight is 485 g/mol. The van der Waals surface area contributed by atoms with Crippen molar-refractivity contribution in [1.29, 1.82) is 0 Å². The first-order chi connectivity index (χ1) is 14.5. The average Bonchev–Trinajstić information content (AvgIpc) is 3.40. The number of hydrogen-bond acceptors (Lipinski definition) is 6. The van der Waals surface area contributed by atoms with Crippen molar-refractivity contribution < 1.29 is 19.1 Å². The number of carbonyl (C=O) groups is 3. The molecule has 0 aliphatic carbocycles. The van der Waals surface area contributed by atoms with Crippen LogP contribution < -0.4 is 4.90 Å². The van der Waals surface area contributed by atoms with Gasteiger partial charge in [0.05, 0.1) is 11.6 Å². The Labute approximate surface area is 185 Å². The zero-order valence-corrected chi connectivity index (χ0v) is 18.2. The third-order valence-electron chi connectivity index (χ3n) is 4.76. The molecule has 1 atom stereocenters. The first-order valence-corrected chi connectivity index (χ1v) is 11.0. The summed E-state index contributed by atoms with van der Waals surface area (Å²) in [4.78, 5) is 43.1. The van der Waals surface area contributed by atoms with Gasteiger partial charge in [0.15, 0.2) is 17.5 Å². The Kier molecular flexibility index (Phi) is 6.06. The zero-order chi connectivity index (χ0) is 21.1. The van der Waals surface area contributed by atoms with E-state index in [-0.39, 0.29) is 31.3 Å². The smallest absolute Gasteiger partial charge is 0.311 e. The van der Waals surface area contributed by atoms with Crippen molar-refractivity contribution in [2.75, 3.05) is 18.1 Å². The van der Waals surface area contributed by atoms with Crippen molar-refractivity contribution in [3.8, 4) is 11.3 Å². The van der Waals surface area contributed by atoms with Crippen LogP contribution in [-0.2, 0) is 14.3 Å². The number of ketones is 1. The molecule has 0 bridgehead atoms. The predicted octanol–water partition coefficient (Wildman–Crippen LogP) is 4.35. The Morgan fingerprint density at radius 3 is 2.60 bits per heavy atom. The molecule has 2 heterocycles. The summed E-state index contributed by atoms with van der Waals surface area (Å²) in [6, 6.07) is 16.5. The van der Waals surface area contributed by atoms with Crippen molar-refractivity contribution >= 4 is 50.1 Å². The minimum absolute atomic E-state index is 0.0472. The Morgan fingerprint density at radius 2 is 1.87 bits per heavy atom. The number of anilines is 1. The van der Waals surface area contributed by atoms with Gasteiger partial charge in [-0.15, -0.1) is 11.3 Å². The van der Waals surface area contributed by atoms with Crippen molar-refractivity contribution in [2.24, 2.45) is 5.92 Å². The minimum atomic E-state index is -0.612. The van der Waals surface area contributed by atoms with Crippen LogP contribution in [0.4, 0.5) is 5.13 Å². The molecule has 0 spiro atoms. The summed E-state index contributed by atoms with van der Waals surface area (Å²) in [7, 11) is 0. The Balaban J connectivity index is 1.36. The molecule has 1 aliphatic heterocycles. The molecule has 0 saturated carbocycles. The molecule has 0 unspecified atom stereocenters. The summed E-state index contributed by atoms with van der Waals surface area (Å²) >= 11 is 4.67. The summed E-state index contributed by atoms with van der Waals surface area (Å²) < 4.78 is 6.04. The van der Waals surface area contributed by atoms with Gasteiger partial charge in [-0.2, -0.15) is 0 Å². The van der Waals surface area contributed by atoms with Crippen molar-refractivity contribution in [1.82, 2.24) is 4.98 Å². The number of ether oxygens (including phenoxy) is 1. The number of nitrogens with zero attached hydrogens (tertiary/aromatic N) is 2. The van der Waals surface area contributed by atoms with Gasteiger partial charge in [0, 0.05) is 33.9 Å². The van der Waals surface area contributed by atoms with Crippen LogP contribution in [0.25, 0.3) is 11.3 Å². The van der Waals surface area contributed by atoms with Crippen LogP contribution in [0.2, 0.25) is 0 Å². The lowest BCUT2D eigenvalue weighted by molar-refractivity contribution is -0.147. The second-order valence-electron chi connectivity index (χ2n) is 6.82. The summed E-state index contributed by atoms with van der Waals surface area (Å²) in [5.74, 6) is -1.62. The molecular weight excluding hydrogens is 468 g/mol. The third kappa shape index (κ3) is 4.49. The number of aromatic nitrogens is 1. The van der Waals surface area contributed by atoms with Crippen LogP contribution in [0, 0.1) is 5.92 Å². The van der Waals surface area contributed by atoms with Crippen molar-refractivity contribution in [3.05, 3.63) is 70.0 Å². The van der Waals surface area contributed by atoms with E-state index in [0.717, 1.165) is 15.7 Å². The van der Waals surface area contributed by atoms with Crippen LogP contribution >= 0.6 is 27.3 Å². The highest BCUT2D eigenvalue weighted by atomic mass is 79.9. The van der Waals surface area contributed by atoms with Gasteiger partial charge in [-0.05, 0) is 12.1 Å². The van der Waals surface area contributed by atoms with Gasteiger partial charge in [-0.1, -0.05) is 58.4 Å². The number of hydrogen-bond donors (Lipinski definition) is 0. The topological polar surface area (TPSA) is 76.6 Å². The Hall–Kier alpha value is -2.84. The van der Waals surface area contributed by atoms with E-state index in [4.69, 9.17) is 4.74 Å². The second kappa shape index (κ2) is 8.89. The molecule has 0 N–H and O–H groups in total. The van der Waals surface area contributed by atoms with Gasteiger partial charge < -0.3 is 4.74 Å². The number of Topliss-reactive ketones (excluding diaryl/α,β-unsaturated/α-hetero) is 1. The maximum Gasteiger partial charge on any atom is 0.311 e. The molecule has 0 radical (unpaired) electrons. The van der Waals surface area contributed by atoms with E-state index in [0.29, 0.717) is 10.7 Å². The summed E-state index contributed by atoms with van der Waals surface area (Å²) in [5, 5.41) is 2.45. The number of amides is 1. The van der Waals surface area contributed by atoms with Gasteiger partial charge in [0.1, 0.15) is 0 Å². The van der Waals surface area contributed by atoms with E-state index in [1.807, 2.05) is 35.7 Å². The van der Waals surface area contributed by atoms with Crippen LogP contribution in [0.5, 0.6) is 0 Å². The Bertz CT molecular complexity index is 1080. The summed E-state index contributed by atoms with van der Waals surface area (Å²) in [5.41, 5.74) is 2.22. The number of benzene rings is 2. The van der Waals surface area contributed by atoms with Crippen LogP contribution in [0.3, 0.4) is 0 Å². The zero-order valence-electron chi connectivity index (χ0n) is 15.8. The molecule has 30 heavy (non-hydrogen) atoms. The molecule has 4 rings (SSSR count). The van der Waals surface area contributed by atoms with Crippen LogP contribution in [0.1, 0.15) is 16.8 Å². The highest BCUT2D eigenvalue weighted by molar-refractivity contribution is 9.10. The van der Waals surface area contributed by atoms with Crippen molar-refractivity contribution in [2.45, 2.75) is 6.42 Å². The van der Waals surface area contributed by atoms with Gasteiger partial charge >= 0.3 is 5.97 Å². The van der Waals surface area contributed by atoms with E-state index in [2.05, 4.69) is 20.9 Å². The van der Waals surface area contributed by atoms with E-state index in [1.54, 1.807) is 24.3 Å². The number of carbonyl (C=O) groups excluding carboxylic acids is 3. The molecular formula is C22H17BrN2O4S. The van der Waals surface area contributed by atoms with Gasteiger partial charge in [0.2, 0.25) is 5.91 Å². The number of rotatable bonds is 6. The lowest BCUT2D eigenvalue weighted by Gasteiger charge is -2.12. The fourth-order valence-electron chi connectivity index (χ4n) is 3.15. The standard InChI is InChI=1S/C22H17BrN2O4S/c23-17-8-6-15(7-9-17)19(26)12-29-21(28)16-10-20(27)25(11-16)22-24-18(13-30-22)14-4-2-1-3-5-14/h1-9,13,16H,10-12H2/t16-/m0/s1. The van der Waals surface area contributed by atoms with E-state index >= 15 is 0 Å². The fraction of sp³-hybridized carbons (Fsp3) is 0.182. The number of halogens is 1. The summed E-state index contributed by atoms with van der Waals surface area (Å²) in [6.07, 6.45) is 0.0472. The lowest BCUT2D eigenvalue weighted by Crippen LogP contribution is -2.27. The SMILES string of the molecule is O=C(COC(=O)[C@H]1CC(=O)N(c2nc(-c3ccccc3)cs2)C1)c1ccc(Br)cc1. The van der Waals surface area contributed by atoms with Gasteiger partial charge in [0.25, 0.3) is 0 Å². The quantitative estimate of drug-likeness (QED) is 0.383. The molecule has 2 aromatic carbocycles. The van der Waals surface area contributed by atoms with Gasteiger partial charge in [-0.25, -0.2) is 4.98 Å². The monoisotopic (exact) mass is 484 g/mol. The molecule has 6 nitrogen and oxygen atoms in total. The first-order valence-electron chi connectivity index (χ1n) is 9.28. The number of esters is 1. The van der Waals surface area contributed by atoms with Crippen LogP contribution in [-0.4, -0.2) is 35.8 Å². The Morgan fingerprint density at radius 1 is 1.13 bits per heavy atom. The molecule has 8 heteroatoms. The maximum absolute atomic E-state index is 12.4. The predicted molar refractivity (Wildman–Crippen MR) is 117 cm³/mol. The third-order valence-corrected chi connectivity index (χ3v) is 6.15. The number of thiazole rings is 1. The van der Waals surface area contributed by atoms with E-state index in [1.165, 1.54) is 16.2 Å². The second-order valence-corrected chi connectivity index (χ2v) is 8.58. The molecule has 1 amide bonds. The molecule has 3 aromatic rings. The molecule has 1 saturated heterocycles. The first kappa shape index (κ1) is 20.4. The molecule has 1 aliphatic rings. The molecule has 1 aromatic heterocycles. The fourth-order valence-corrected chi connectivity index (χ4v) is 4.28. The normalized spacial score (nSPS) is 16.0. The van der Waals surface area contributed by atoms with Gasteiger partial charge in [-0.3, -0.25) is 19.3 Å². The maximum atomic E-state index is 12.4.